The Balaban J connectivity index is 0.000000171. The van der Waals surface area contributed by atoms with Gasteiger partial charge in [0, 0.05) is 6.42 Å². The molecule has 0 heterocycles. The molecule has 0 aromatic heterocycles. The third kappa shape index (κ3) is 5.17. The molecule has 1 aliphatic carbocycles. The maximum absolute atomic E-state index is 3.66. The second-order valence-electron chi connectivity index (χ2n) is 4.01. The van der Waals surface area contributed by atoms with Crippen molar-refractivity contribution in [1.82, 2.24) is 0 Å². The highest BCUT2D eigenvalue weighted by atomic mass is 14.1. The summed E-state index contributed by atoms with van der Waals surface area (Å²) in [6, 6.07) is 8.48. The molecule has 1 aromatic rings. The third-order valence-electron chi connectivity index (χ3n) is 2.40. The average molecular weight is 223 g/mol. The molecule has 1 aromatic carbocycles. The van der Waals surface area contributed by atoms with Crippen LogP contribution >= 0.6 is 0 Å². The molecule has 0 heteroatoms. The van der Waals surface area contributed by atoms with E-state index in [0.717, 1.165) is 5.57 Å². The minimum absolute atomic E-state index is 1.16. The number of hydrogen-bond acceptors (Lipinski definition) is 0. The van der Waals surface area contributed by atoms with E-state index in [1.165, 1.54) is 16.7 Å². The summed E-state index contributed by atoms with van der Waals surface area (Å²) in [7, 11) is 0. The summed E-state index contributed by atoms with van der Waals surface area (Å²) in [5.41, 5.74) is 5.08. The summed E-state index contributed by atoms with van der Waals surface area (Å²) in [6.45, 7) is 11.5. The van der Waals surface area contributed by atoms with Gasteiger partial charge in [-0.25, -0.2) is 0 Å². The molecule has 0 bridgehead atoms. The minimum atomic E-state index is 1.16. The number of hydrogen-bond donors (Lipinski definition) is 0. The van der Waals surface area contributed by atoms with Crippen LogP contribution < -0.4 is 0 Å². The third-order valence-corrected chi connectivity index (χ3v) is 2.40. The first-order valence-electron chi connectivity index (χ1n) is 5.71. The van der Waals surface area contributed by atoms with Gasteiger partial charge in [0.1, 0.15) is 0 Å². The number of rotatable bonds is 3. The summed E-state index contributed by atoms with van der Waals surface area (Å²) < 4.78 is 0. The van der Waals surface area contributed by atoms with Crippen LogP contribution in [0.1, 0.15) is 11.1 Å². The Morgan fingerprint density at radius 1 is 1.00 bits per heavy atom. The smallest absolute Gasteiger partial charge is 0.0131 e. The fraction of sp³-hybridized carbons (Fsp3) is 0.118. The maximum Gasteiger partial charge on any atom is 0.0131 e. The van der Waals surface area contributed by atoms with Crippen LogP contribution in [-0.2, 0) is 0 Å². The lowest BCUT2D eigenvalue weighted by atomic mass is 10.2. The van der Waals surface area contributed by atoms with Crippen molar-refractivity contribution in [3.05, 3.63) is 90.4 Å². The Labute approximate surface area is 105 Å². The van der Waals surface area contributed by atoms with Crippen molar-refractivity contribution in [2.75, 3.05) is 0 Å². The van der Waals surface area contributed by atoms with Gasteiger partial charge in [-0.1, -0.05) is 72.9 Å². The Hall–Kier alpha value is -1.82. The number of benzene rings is 1. The van der Waals surface area contributed by atoms with Crippen molar-refractivity contribution >= 4 is 0 Å². The second kappa shape index (κ2) is 6.70. The molecule has 0 N–H and O–H groups in total. The van der Waals surface area contributed by atoms with Crippen LogP contribution in [0.5, 0.6) is 0 Å². The van der Waals surface area contributed by atoms with Crippen molar-refractivity contribution in [3.63, 3.8) is 0 Å². The highest BCUT2D eigenvalue weighted by Gasteiger charge is 2.08. The summed E-state index contributed by atoms with van der Waals surface area (Å²) in [6.07, 6.45) is 9.65. The Kier molecular flexibility index (Phi) is 5.22. The van der Waals surface area contributed by atoms with E-state index in [4.69, 9.17) is 0 Å². The molecule has 0 aliphatic heterocycles. The molecule has 0 unspecified atom stereocenters. The molecule has 1 aliphatic rings. The maximum atomic E-state index is 3.66. The van der Waals surface area contributed by atoms with Crippen molar-refractivity contribution in [3.8, 4) is 0 Å². The van der Waals surface area contributed by atoms with E-state index in [9.17, 15) is 0 Å². The van der Waals surface area contributed by atoms with Crippen molar-refractivity contribution in [2.24, 2.45) is 0 Å². The fourth-order valence-electron chi connectivity index (χ4n) is 1.28. The molecule has 87 valence electrons. The second-order valence-corrected chi connectivity index (χ2v) is 4.01. The van der Waals surface area contributed by atoms with Crippen LogP contribution in [-0.4, -0.2) is 0 Å². The first-order chi connectivity index (χ1) is 8.17. The number of aryl methyl sites for hydroxylation is 2. The summed E-state index contributed by atoms with van der Waals surface area (Å²) in [5, 5.41) is 0. The molecule has 0 saturated heterocycles. The zero-order valence-electron chi connectivity index (χ0n) is 10.6. The van der Waals surface area contributed by atoms with Gasteiger partial charge >= 0.3 is 0 Å². The quantitative estimate of drug-likeness (QED) is 0.650. The van der Waals surface area contributed by atoms with E-state index in [1.807, 2.05) is 12.2 Å². The monoisotopic (exact) mass is 223 g/mol. The normalized spacial score (nSPS) is 13.1. The number of allylic oxidation sites excluding steroid dienone is 6. The summed E-state index contributed by atoms with van der Waals surface area (Å²) in [4.78, 5) is 0. The van der Waals surface area contributed by atoms with Crippen LogP contribution in [0.2, 0.25) is 0 Å². The molecule has 0 atom stereocenters. The average Bonchev–Trinajstić information content (AvgIpc) is 3.15. The van der Waals surface area contributed by atoms with Crippen LogP contribution in [0.3, 0.4) is 0 Å². The standard InChI is InChI=1S/C9H9.C8H10/c1-3-5-8(4-2)9-6-7-9;1-7-3-5-8(2)6-4-7/h3-7H,1-2H2;3-6H,1-2H3/b8-5+;. The van der Waals surface area contributed by atoms with Gasteiger partial charge in [0.05, 0.1) is 0 Å². The van der Waals surface area contributed by atoms with Gasteiger partial charge in [-0.05, 0) is 25.0 Å². The SMILES string of the molecule is C=C/C=C(\C=C)C1=C[CH]1.Cc1ccc(C)cc1. The van der Waals surface area contributed by atoms with Gasteiger partial charge in [-0.3, -0.25) is 0 Å². The fourth-order valence-corrected chi connectivity index (χ4v) is 1.28. The Bertz CT molecular complexity index is 420. The van der Waals surface area contributed by atoms with E-state index in [1.54, 1.807) is 6.08 Å². The summed E-state index contributed by atoms with van der Waals surface area (Å²) in [5.74, 6) is 0. The van der Waals surface area contributed by atoms with E-state index in [-0.39, 0.29) is 0 Å². The van der Waals surface area contributed by atoms with Gasteiger partial charge in [0.25, 0.3) is 0 Å². The van der Waals surface area contributed by atoms with Gasteiger partial charge in [0.15, 0.2) is 0 Å². The Morgan fingerprint density at radius 2 is 1.47 bits per heavy atom. The molecular formula is C17H19. The summed E-state index contributed by atoms with van der Waals surface area (Å²) >= 11 is 0. The van der Waals surface area contributed by atoms with Gasteiger partial charge in [0.2, 0.25) is 0 Å². The van der Waals surface area contributed by atoms with E-state index < -0.39 is 0 Å². The van der Waals surface area contributed by atoms with E-state index >= 15 is 0 Å². The van der Waals surface area contributed by atoms with Crippen LogP contribution in [0.25, 0.3) is 0 Å². The zero-order valence-corrected chi connectivity index (χ0v) is 10.6. The highest BCUT2D eigenvalue weighted by Crippen LogP contribution is 2.26. The highest BCUT2D eigenvalue weighted by molar-refractivity contribution is 5.58. The lowest BCUT2D eigenvalue weighted by Crippen LogP contribution is -1.70. The van der Waals surface area contributed by atoms with Crippen LogP contribution in [0.4, 0.5) is 0 Å². The lowest BCUT2D eigenvalue weighted by molar-refractivity contribution is 1.40. The molecule has 0 saturated carbocycles. The minimum Gasteiger partial charge on any atom is -0.0990 e. The van der Waals surface area contributed by atoms with Gasteiger partial charge in [-0.15, -0.1) is 0 Å². The molecule has 0 fully saturated rings. The molecule has 0 spiro atoms. The first-order valence-corrected chi connectivity index (χ1v) is 5.71. The first kappa shape index (κ1) is 13.2. The predicted octanol–water partition coefficient (Wildman–Crippen LogP) is 4.73. The molecule has 0 amide bonds. The van der Waals surface area contributed by atoms with Crippen molar-refractivity contribution in [2.45, 2.75) is 13.8 Å². The molecule has 2 rings (SSSR count). The molecule has 1 radical (unpaired) electrons. The largest absolute Gasteiger partial charge is 0.0990 e. The molecular weight excluding hydrogens is 204 g/mol. The topological polar surface area (TPSA) is 0 Å². The van der Waals surface area contributed by atoms with Crippen LogP contribution in [0.15, 0.2) is 72.9 Å². The molecule has 0 nitrogen and oxygen atoms in total. The zero-order chi connectivity index (χ0) is 12.7. The van der Waals surface area contributed by atoms with Gasteiger partial charge in [-0.2, -0.15) is 0 Å². The van der Waals surface area contributed by atoms with E-state index in [2.05, 4.69) is 63.8 Å². The predicted molar refractivity (Wildman–Crippen MR) is 76.8 cm³/mol. The Morgan fingerprint density at radius 3 is 1.76 bits per heavy atom. The lowest BCUT2D eigenvalue weighted by Gasteiger charge is -1.90. The van der Waals surface area contributed by atoms with Crippen molar-refractivity contribution in [1.29, 1.82) is 0 Å². The van der Waals surface area contributed by atoms with Gasteiger partial charge < -0.3 is 0 Å². The molecule has 17 heavy (non-hydrogen) atoms. The van der Waals surface area contributed by atoms with Crippen molar-refractivity contribution < 1.29 is 0 Å². The van der Waals surface area contributed by atoms with E-state index in [0.29, 0.717) is 0 Å². The van der Waals surface area contributed by atoms with Crippen LogP contribution in [0, 0.1) is 20.3 Å².